The average Bonchev–Trinajstić information content (AvgIpc) is 2.33. The lowest BCUT2D eigenvalue weighted by Crippen LogP contribution is -2.23. The Morgan fingerprint density at radius 3 is 3.44 bits per heavy atom. The van der Waals surface area contributed by atoms with Gasteiger partial charge in [0.1, 0.15) is 0 Å². The maximum Gasteiger partial charge on any atom is 0.174 e. The summed E-state index contributed by atoms with van der Waals surface area (Å²) >= 11 is 0. The van der Waals surface area contributed by atoms with Crippen LogP contribution < -0.4 is 5.32 Å². The fourth-order valence-corrected chi connectivity index (χ4v) is 1.08. The van der Waals surface area contributed by atoms with E-state index in [1.807, 2.05) is 0 Å². The Balaban J connectivity index is 2.39. The summed E-state index contributed by atoms with van der Waals surface area (Å²) in [5.74, 6) is 0. The summed E-state index contributed by atoms with van der Waals surface area (Å²) in [7, 11) is 0. The van der Waals surface area contributed by atoms with Crippen molar-refractivity contribution in [3.8, 4) is 0 Å². The molecule has 0 spiro atoms. The zero-order valence-electron chi connectivity index (χ0n) is 5.07. The van der Waals surface area contributed by atoms with Crippen molar-refractivity contribution in [3.63, 3.8) is 0 Å². The Bertz CT molecular complexity index is 183. The molecule has 1 aromatic rings. The second-order valence-electron chi connectivity index (χ2n) is 2.20. The average molecular weight is 122 g/mol. The van der Waals surface area contributed by atoms with Crippen molar-refractivity contribution in [3.05, 3.63) is 17.7 Å². The molecule has 2 rings (SSSR count). The van der Waals surface area contributed by atoms with Gasteiger partial charge in [0.2, 0.25) is 0 Å². The minimum absolute atomic E-state index is 0.922. The molecule has 0 amide bonds. The van der Waals surface area contributed by atoms with Crippen molar-refractivity contribution < 1.29 is 0 Å². The Morgan fingerprint density at radius 2 is 2.56 bits per heavy atom. The van der Waals surface area contributed by atoms with Gasteiger partial charge in [0, 0.05) is 19.5 Å². The minimum Gasteiger partial charge on any atom is -0.338 e. The van der Waals surface area contributed by atoms with Crippen molar-refractivity contribution in [2.24, 2.45) is 0 Å². The summed E-state index contributed by atoms with van der Waals surface area (Å²) in [5.41, 5.74) is 2.37. The van der Waals surface area contributed by atoms with Gasteiger partial charge in [-0.1, -0.05) is 0 Å². The van der Waals surface area contributed by atoms with Gasteiger partial charge in [0.05, 0.1) is 11.4 Å². The van der Waals surface area contributed by atoms with E-state index in [-0.39, 0.29) is 0 Å². The number of fused-ring (bicyclic) bond motifs is 1. The van der Waals surface area contributed by atoms with Crippen LogP contribution in [0, 0.1) is 6.33 Å². The van der Waals surface area contributed by atoms with E-state index in [0.717, 1.165) is 19.5 Å². The van der Waals surface area contributed by atoms with E-state index in [0.29, 0.717) is 0 Å². The molecule has 9 heavy (non-hydrogen) atoms. The number of aromatic nitrogens is 2. The number of nitrogens with one attached hydrogen (secondary N) is 2. The van der Waals surface area contributed by atoms with Crippen LogP contribution in [0.2, 0.25) is 0 Å². The molecule has 1 radical (unpaired) electrons. The predicted molar refractivity (Wildman–Crippen MR) is 32.8 cm³/mol. The molecule has 1 aliphatic rings. The predicted octanol–water partition coefficient (Wildman–Crippen LogP) is -0.144. The van der Waals surface area contributed by atoms with E-state index < -0.39 is 0 Å². The SMILES string of the molecule is [c]1nc2c([nH]1)CNCC2. The van der Waals surface area contributed by atoms with Gasteiger partial charge in [-0.05, 0) is 0 Å². The van der Waals surface area contributed by atoms with E-state index in [2.05, 4.69) is 21.6 Å². The molecule has 1 aromatic heterocycles. The fraction of sp³-hybridized carbons (Fsp3) is 0.500. The number of rotatable bonds is 0. The molecular formula is C6H8N3. The van der Waals surface area contributed by atoms with Crippen LogP contribution in [0.15, 0.2) is 0 Å². The van der Waals surface area contributed by atoms with Gasteiger partial charge in [-0.3, -0.25) is 0 Å². The molecule has 3 nitrogen and oxygen atoms in total. The highest BCUT2D eigenvalue weighted by Gasteiger charge is 2.09. The zero-order chi connectivity index (χ0) is 6.10. The molecule has 0 atom stereocenters. The summed E-state index contributed by atoms with van der Waals surface area (Å²) in [6.07, 6.45) is 3.76. The number of imidazole rings is 1. The molecule has 0 unspecified atom stereocenters. The van der Waals surface area contributed by atoms with Crippen molar-refractivity contribution >= 4 is 0 Å². The van der Waals surface area contributed by atoms with Gasteiger partial charge in [0.15, 0.2) is 6.33 Å². The largest absolute Gasteiger partial charge is 0.338 e. The lowest BCUT2D eigenvalue weighted by Gasteiger charge is -2.09. The summed E-state index contributed by atoms with van der Waals surface area (Å²) in [6, 6.07) is 0. The first-order valence-corrected chi connectivity index (χ1v) is 3.11. The quantitative estimate of drug-likeness (QED) is 0.502. The topological polar surface area (TPSA) is 40.7 Å². The number of aromatic amines is 1. The van der Waals surface area contributed by atoms with Crippen LogP contribution in [0.3, 0.4) is 0 Å². The highest BCUT2D eigenvalue weighted by Crippen LogP contribution is 2.05. The van der Waals surface area contributed by atoms with Crippen molar-refractivity contribution in [1.29, 1.82) is 0 Å². The van der Waals surface area contributed by atoms with E-state index in [1.54, 1.807) is 0 Å². The van der Waals surface area contributed by atoms with E-state index in [9.17, 15) is 0 Å². The third kappa shape index (κ3) is 0.733. The second kappa shape index (κ2) is 1.84. The number of hydrogen-bond donors (Lipinski definition) is 2. The van der Waals surface area contributed by atoms with Crippen LogP contribution in [-0.4, -0.2) is 16.5 Å². The summed E-state index contributed by atoms with van der Waals surface area (Å²) < 4.78 is 0. The van der Waals surface area contributed by atoms with Gasteiger partial charge in [0.25, 0.3) is 0 Å². The van der Waals surface area contributed by atoms with Gasteiger partial charge in [-0.15, -0.1) is 0 Å². The molecule has 2 N–H and O–H groups in total. The summed E-state index contributed by atoms with van der Waals surface area (Å²) in [4.78, 5) is 7.00. The van der Waals surface area contributed by atoms with Crippen molar-refractivity contribution in [2.45, 2.75) is 13.0 Å². The second-order valence-corrected chi connectivity index (χ2v) is 2.20. The third-order valence-electron chi connectivity index (χ3n) is 1.59. The minimum atomic E-state index is 0.922. The lowest BCUT2D eigenvalue weighted by atomic mass is 10.2. The van der Waals surface area contributed by atoms with E-state index in [4.69, 9.17) is 0 Å². The van der Waals surface area contributed by atoms with Gasteiger partial charge >= 0.3 is 0 Å². The molecule has 0 saturated heterocycles. The standard InChI is InChI=1S/C6H8N3/c1-2-7-3-6-5(1)8-4-9-6/h7H,1-3H2,(H,8,9). The van der Waals surface area contributed by atoms with Crippen LogP contribution in [-0.2, 0) is 13.0 Å². The highest BCUT2D eigenvalue weighted by atomic mass is 15.0. The molecule has 0 aliphatic carbocycles. The molecule has 47 valence electrons. The molecule has 2 heterocycles. The van der Waals surface area contributed by atoms with Crippen LogP contribution in [0.4, 0.5) is 0 Å². The molecule has 0 aromatic carbocycles. The van der Waals surface area contributed by atoms with Crippen molar-refractivity contribution in [1.82, 2.24) is 15.3 Å². The molecule has 0 bridgehead atoms. The van der Waals surface area contributed by atoms with Crippen molar-refractivity contribution in [2.75, 3.05) is 6.54 Å². The van der Waals surface area contributed by atoms with E-state index in [1.165, 1.54) is 11.4 Å². The molecule has 0 fully saturated rings. The van der Waals surface area contributed by atoms with E-state index >= 15 is 0 Å². The Morgan fingerprint density at radius 1 is 1.56 bits per heavy atom. The van der Waals surface area contributed by atoms with Crippen LogP contribution in [0.1, 0.15) is 11.4 Å². The number of hydrogen-bond acceptors (Lipinski definition) is 2. The first-order valence-electron chi connectivity index (χ1n) is 3.11. The number of H-pyrrole nitrogens is 1. The molecular weight excluding hydrogens is 114 g/mol. The molecule has 3 heteroatoms. The van der Waals surface area contributed by atoms with Gasteiger partial charge < -0.3 is 10.3 Å². The lowest BCUT2D eigenvalue weighted by molar-refractivity contribution is 0.627. The molecule has 0 saturated carbocycles. The summed E-state index contributed by atoms with van der Waals surface area (Å²) in [6.45, 7) is 1.97. The monoisotopic (exact) mass is 122 g/mol. The number of nitrogens with zero attached hydrogens (tertiary/aromatic N) is 1. The maximum atomic E-state index is 4.04. The highest BCUT2D eigenvalue weighted by molar-refractivity contribution is 5.13. The zero-order valence-corrected chi connectivity index (χ0v) is 5.07. The third-order valence-corrected chi connectivity index (χ3v) is 1.59. The van der Waals surface area contributed by atoms with Crippen LogP contribution in [0.5, 0.6) is 0 Å². The molecule has 1 aliphatic heterocycles. The first kappa shape index (κ1) is 4.99. The smallest absolute Gasteiger partial charge is 0.174 e. The van der Waals surface area contributed by atoms with Gasteiger partial charge in [-0.25, -0.2) is 4.98 Å². The Hall–Kier alpha value is -0.830. The normalized spacial score (nSPS) is 17.3. The van der Waals surface area contributed by atoms with Crippen LogP contribution in [0.25, 0.3) is 0 Å². The fourth-order valence-electron chi connectivity index (χ4n) is 1.08. The summed E-state index contributed by atoms with van der Waals surface area (Å²) in [5, 5.41) is 3.24. The van der Waals surface area contributed by atoms with Crippen LogP contribution >= 0.6 is 0 Å². The maximum absolute atomic E-state index is 4.04. The van der Waals surface area contributed by atoms with Gasteiger partial charge in [-0.2, -0.15) is 0 Å². The first-order chi connectivity index (χ1) is 4.47. The Labute approximate surface area is 53.5 Å². The Kier molecular flexibility index (Phi) is 1.02.